The number of rotatable bonds is 13. The molecule has 0 aromatic rings. The number of hydrogen-bond donors (Lipinski definition) is 2. The van der Waals surface area contributed by atoms with Crippen LogP contribution >= 0.6 is 0 Å². The van der Waals surface area contributed by atoms with E-state index < -0.39 is 60.1 Å². The molecule has 0 saturated carbocycles. The van der Waals surface area contributed by atoms with E-state index in [-0.39, 0.29) is 25.3 Å². The Hall–Kier alpha value is -3.26. The van der Waals surface area contributed by atoms with Crippen LogP contribution in [-0.2, 0) is 57.2 Å². The normalized spacial score (nSPS) is 21.8. The topological polar surface area (TPSA) is 182 Å². The molecular formula is C24H36N2O12. The third kappa shape index (κ3) is 10.2. The summed E-state index contributed by atoms with van der Waals surface area (Å²) in [6.45, 7) is 5.24. The molecule has 2 amide bonds. The van der Waals surface area contributed by atoms with Gasteiger partial charge in [-0.3, -0.25) is 28.8 Å². The highest BCUT2D eigenvalue weighted by molar-refractivity contribution is 5.87. The van der Waals surface area contributed by atoms with E-state index in [0.717, 1.165) is 40.5 Å². The maximum absolute atomic E-state index is 13.2. The van der Waals surface area contributed by atoms with Crippen LogP contribution in [0, 0.1) is 0 Å². The second-order valence-corrected chi connectivity index (χ2v) is 8.97. The molecular weight excluding hydrogens is 508 g/mol. The van der Waals surface area contributed by atoms with Crippen LogP contribution in [0.3, 0.4) is 0 Å². The van der Waals surface area contributed by atoms with Crippen LogP contribution in [0.5, 0.6) is 0 Å². The van der Waals surface area contributed by atoms with Crippen molar-refractivity contribution < 1.29 is 57.2 Å². The van der Waals surface area contributed by atoms with Gasteiger partial charge in [-0.2, -0.15) is 0 Å². The maximum atomic E-state index is 13.2. The molecule has 2 fully saturated rings. The minimum atomic E-state index is -1.87. The monoisotopic (exact) mass is 544 g/mol. The van der Waals surface area contributed by atoms with Crippen molar-refractivity contribution in [2.45, 2.75) is 90.0 Å². The SMILES string of the molecule is CC(=O)O[C@H]([C@H](OC(C)=O)[C@@H](OC(C)=O)C(=O)NC[C@@H]1CCCO1)[C@H](OC(C)=O)C(=O)NC[C@@H]1CCCO1. The summed E-state index contributed by atoms with van der Waals surface area (Å²) in [6, 6.07) is 0. The second-order valence-electron chi connectivity index (χ2n) is 8.97. The lowest BCUT2D eigenvalue weighted by Gasteiger charge is -2.34. The lowest BCUT2D eigenvalue weighted by Crippen LogP contribution is -2.59. The van der Waals surface area contributed by atoms with Gasteiger partial charge in [-0.25, -0.2) is 0 Å². The lowest BCUT2D eigenvalue weighted by molar-refractivity contribution is -0.200. The van der Waals surface area contributed by atoms with Gasteiger partial charge in [0.25, 0.3) is 11.8 Å². The lowest BCUT2D eigenvalue weighted by atomic mass is 10.00. The second kappa shape index (κ2) is 15.2. The first-order chi connectivity index (χ1) is 18.0. The minimum absolute atomic E-state index is 0.0663. The molecule has 2 aliphatic heterocycles. The molecule has 38 heavy (non-hydrogen) atoms. The molecule has 2 heterocycles. The summed E-state index contributed by atoms with van der Waals surface area (Å²) in [5.41, 5.74) is 0. The van der Waals surface area contributed by atoms with Crippen molar-refractivity contribution in [1.29, 1.82) is 0 Å². The van der Waals surface area contributed by atoms with E-state index >= 15 is 0 Å². The van der Waals surface area contributed by atoms with E-state index in [4.69, 9.17) is 28.4 Å². The first-order valence-corrected chi connectivity index (χ1v) is 12.5. The van der Waals surface area contributed by atoms with Gasteiger partial charge >= 0.3 is 23.9 Å². The molecule has 6 atom stereocenters. The third-order valence-corrected chi connectivity index (χ3v) is 5.68. The number of esters is 4. The average molecular weight is 545 g/mol. The minimum Gasteiger partial charge on any atom is -0.454 e. The van der Waals surface area contributed by atoms with Gasteiger partial charge in [0.15, 0.2) is 12.2 Å². The van der Waals surface area contributed by atoms with Crippen molar-refractivity contribution in [2.24, 2.45) is 0 Å². The van der Waals surface area contributed by atoms with Gasteiger partial charge in [-0.1, -0.05) is 0 Å². The Morgan fingerprint density at radius 2 is 0.974 bits per heavy atom. The zero-order valence-electron chi connectivity index (χ0n) is 22.0. The summed E-state index contributed by atoms with van der Waals surface area (Å²) in [5, 5.41) is 5.13. The molecule has 14 heteroatoms. The van der Waals surface area contributed by atoms with E-state index in [9.17, 15) is 28.8 Å². The zero-order chi connectivity index (χ0) is 28.2. The van der Waals surface area contributed by atoms with Crippen molar-refractivity contribution in [1.82, 2.24) is 10.6 Å². The standard InChI is InChI=1S/C24H36N2O12/c1-13(27)35-19(21(37-15(3)29)23(31)25-11-17-7-5-9-33-17)20(36-14(2)28)22(38-16(4)30)24(32)26-12-18-8-6-10-34-18/h17-22H,5-12H2,1-4H3,(H,25,31)(H,26,32)/t17-,18-,19-,20+,21+,22-/m0/s1. The summed E-state index contributed by atoms with van der Waals surface area (Å²) >= 11 is 0. The van der Waals surface area contributed by atoms with E-state index in [1.165, 1.54) is 0 Å². The number of carbonyl (C=O) groups is 6. The molecule has 0 aromatic heterocycles. The van der Waals surface area contributed by atoms with Crippen molar-refractivity contribution in [3.05, 3.63) is 0 Å². The van der Waals surface area contributed by atoms with E-state index in [1.807, 2.05) is 0 Å². The molecule has 2 saturated heterocycles. The van der Waals surface area contributed by atoms with Gasteiger partial charge in [0.1, 0.15) is 0 Å². The Morgan fingerprint density at radius 1 is 0.632 bits per heavy atom. The fourth-order valence-corrected chi connectivity index (χ4v) is 4.12. The predicted molar refractivity (Wildman–Crippen MR) is 126 cm³/mol. The maximum Gasteiger partial charge on any atom is 0.303 e. The molecule has 0 aromatic carbocycles. The van der Waals surface area contributed by atoms with Gasteiger partial charge in [0.2, 0.25) is 12.2 Å². The van der Waals surface area contributed by atoms with E-state index in [2.05, 4.69) is 10.6 Å². The van der Waals surface area contributed by atoms with Crippen molar-refractivity contribution >= 4 is 35.7 Å². The highest BCUT2D eigenvalue weighted by atomic mass is 16.6. The number of carbonyl (C=O) groups excluding carboxylic acids is 6. The third-order valence-electron chi connectivity index (χ3n) is 5.68. The average Bonchev–Trinajstić information content (AvgIpc) is 3.54. The fraction of sp³-hybridized carbons (Fsp3) is 0.750. The van der Waals surface area contributed by atoms with Crippen LogP contribution in [0.2, 0.25) is 0 Å². The summed E-state index contributed by atoms with van der Waals surface area (Å²) in [7, 11) is 0. The number of ether oxygens (including phenoxy) is 6. The molecule has 0 bridgehead atoms. The van der Waals surface area contributed by atoms with Gasteiger partial charge < -0.3 is 39.1 Å². The molecule has 0 spiro atoms. The highest BCUT2D eigenvalue weighted by Crippen LogP contribution is 2.21. The Labute approximate surface area is 220 Å². The van der Waals surface area contributed by atoms with E-state index in [1.54, 1.807) is 0 Å². The van der Waals surface area contributed by atoms with Gasteiger partial charge in [0.05, 0.1) is 12.2 Å². The molecule has 0 radical (unpaired) electrons. The Balaban J connectivity index is 2.39. The van der Waals surface area contributed by atoms with Crippen LogP contribution in [0.15, 0.2) is 0 Å². The smallest absolute Gasteiger partial charge is 0.303 e. The molecule has 0 unspecified atom stereocenters. The van der Waals surface area contributed by atoms with Crippen molar-refractivity contribution in [3.8, 4) is 0 Å². The van der Waals surface area contributed by atoms with Crippen LogP contribution < -0.4 is 10.6 Å². The quantitative estimate of drug-likeness (QED) is 0.220. The van der Waals surface area contributed by atoms with Crippen molar-refractivity contribution in [2.75, 3.05) is 26.3 Å². The summed E-state index contributed by atoms with van der Waals surface area (Å²) in [6.07, 6.45) is -4.99. The Bertz CT molecular complexity index is 796. The zero-order valence-corrected chi connectivity index (χ0v) is 22.0. The number of hydrogen-bond acceptors (Lipinski definition) is 12. The van der Waals surface area contributed by atoms with Gasteiger partial charge in [-0.15, -0.1) is 0 Å². The van der Waals surface area contributed by atoms with Crippen LogP contribution in [0.25, 0.3) is 0 Å². The molecule has 214 valence electrons. The van der Waals surface area contributed by atoms with Crippen LogP contribution in [-0.4, -0.2) is 98.6 Å². The number of amides is 2. The van der Waals surface area contributed by atoms with Gasteiger partial charge in [0, 0.05) is 54.0 Å². The Morgan fingerprint density at radius 3 is 1.24 bits per heavy atom. The van der Waals surface area contributed by atoms with E-state index in [0.29, 0.717) is 26.1 Å². The first-order valence-electron chi connectivity index (χ1n) is 12.5. The van der Waals surface area contributed by atoms with Crippen molar-refractivity contribution in [3.63, 3.8) is 0 Å². The molecule has 2 rings (SSSR count). The number of nitrogens with one attached hydrogen (secondary N) is 2. The van der Waals surface area contributed by atoms with Crippen LogP contribution in [0.4, 0.5) is 0 Å². The molecule has 14 nitrogen and oxygen atoms in total. The molecule has 2 N–H and O–H groups in total. The Kier molecular flexibility index (Phi) is 12.4. The largest absolute Gasteiger partial charge is 0.454 e. The highest BCUT2D eigenvalue weighted by Gasteiger charge is 2.49. The summed E-state index contributed by atoms with van der Waals surface area (Å²) in [4.78, 5) is 74.3. The summed E-state index contributed by atoms with van der Waals surface area (Å²) in [5.74, 6) is -5.54. The fourth-order valence-electron chi connectivity index (χ4n) is 4.12. The molecule has 0 aliphatic carbocycles. The van der Waals surface area contributed by atoms with Crippen LogP contribution in [0.1, 0.15) is 53.4 Å². The first kappa shape index (κ1) is 31.0. The molecule has 2 aliphatic rings. The predicted octanol–water partition coefficient (Wildman–Crippen LogP) is -0.696. The van der Waals surface area contributed by atoms with Gasteiger partial charge in [-0.05, 0) is 25.7 Å². The summed E-state index contributed by atoms with van der Waals surface area (Å²) < 4.78 is 31.9.